The summed E-state index contributed by atoms with van der Waals surface area (Å²) in [5.41, 5.74) is 0.495. The molecular formula is C13H15N5O2. The minimum Gasteiger partial charge on any atom is -0.480 e. The number of methoxy groups -OCH3 is 1. The lowest BCUT2D eigenvalue weighted by Crippen LogP contribution is -2.29. The summed E-state index contributed by atoms with van der Waals surface area (Å²) >= 11 is 0. The molecule has 2 aromatic rings. The van der Waals surface area contributed by atoms with Gasteiger partial charge in [0, 0.05) is 25.5 Å². The molecule has 1 aliphatic heterocycles. The minimum atomic E-state index is -0.0578. The van der Waals surface area contributed by atoms with Gasteiger partial charge in [-0.2, -0.15) is 0 Å². The highest BCUT2D eigenvalue weighted by Gasteiger charge is 2.29. The largest absolute Gasteiger partial charge is 0.480 e. The molecule has 0 bridgehead atoms. The summed E-state index contributed by atoms with van der Waals surface area (Å²) in [5, 5.41) is 7.79. The lowest BCUT2D eigenvalue weighted by atomic mass is 10.2. The maximum atomic E-state index is 12.5. The Morgan fingerprint density at radius 3 is 3.10 bits per heavy atom. The Kier molecular flexibility index (Phi) is 3.32. The molecule has 0 unspecified atom stereocenters. The topological polar surface area (TPSA) is 73.1 Å². The number of hydrogen-bond donors (Lipinski definition) is 0. The molecule has 7 nitrogen and oxygen atoms in total. The number of carbonyl (C=O) groups is 1. The van der Waals surface area contributed by atoms with Crippen LogP contribution in [0.3, 0.4) is 0 Å². The van der Waals surface area contributed by atoms with Crippen molar-refractivity contribution in [3.8, 4) is 5.88 Å². The van der Waals surface area contributed by atoms with Crippen LogP contribution in [0.5, 0.6) is 5.88 Å². The van der Waals surface area contributed by atoms with Crippen LogP contribution in [0.15, 0.2) is 30.7 Å². The summed E-state index contributed by atoms with van der Waals surface area (Å²) in [6.45, 7) is 1.32. The summed E-state index contributed by atoms with van der Waals surface area (Å²) in [6.07, 6.45) is 5.95. The number of pyridine rings is 1. The minimum absolute atomic E-state index is 0.0578. The van der Waals surface area contributed by atoms with Crippen molar-refractivity contribution in [3.05, 3.63) is 36.3 Å². The molecule has 1 amide bonds. The Morgan fingerprint density at radius 1 is 1.45 bits per heavy atom. The van der Waals surface area contributed by atoms with Crippen LogP contribution < -0.4 is 4.74 Å². The van der Waals surface area contributed by atoms with Crippen molar-refractivity contribution in [2.45, 2.75) is 12.5 Å². The maximum absolute atomic E-state index is 12.5. The van der Waals surface area contributed by atoms with Crippen LogP contribution in [0.4, 0.5) is 0 Å². The van der Waals surface area contributed by atoms with Gasteiger partial charge in [-0.25, -0.2) is 9.67 Å². The van der Waals surface area contributed by atoms with Gasteiger partial charge < -0.3 is 9.64 Å². The first-order chi connectivity index (χ1) is 9.79. The third-order valence-electron chi connectivity index (χ3n) is 3.46. The second-order valence-corrected chi connectivity index (χ2v) is 4.64. The summed E-state index contributed by atoms with van der Waals surface area (Å²) in [5.74, 6) is 0.305. The molecular weight excluding hydrogens is 258 g/mol. The molecule has 104 valence electrons. The average molecular weight is 273 g/mol. The van der Waals surface area contributed by atoms with Gasteiger partial charge >= 0.3 is 0 Å². The molecule has 1 aliphatic rings. The molecule has 0 radical (unpaired) electrons. The van der Waals surface area contributed by atoms with Gasteiger partial charge in [0.1, 0.15) is 5.56 Å². The Labute approximate surface area is 116 Å². The van der Waals surface area contributed by atoms with Crippen molar-refractivity contribution in [3.63, 3.8) is 0 Å². The third-order valence-corrected chi connectivity index (χ3v) is 3.46. The number of aromatic nitrogens is 4. The highest BCUT2D eigenvalue weighted by Crippen LogP contribution is 2.24. The van der Waals surface area contributed by atoms with E-state index < -0.39 is 0 Å². The molecule has 3 rings (SSSR count). The monoisotopic (exact) mass is 273 g/mol. The van der Waals surface area contributed by atoms with Crippen LogP contribution in [-0.2, 0) is 0 Å². The number of carbonyl (C=O) groups excluding carboxylic acids is 1. The fourth-order valence-corrected chi connectivity index (χ4v) is 2.44. The first-order valence-corrected chi connectivity index (χ1v) is 6.43. The van der Waals surface area contributed by atoms with Gasteiger partial charge in [-0.05, 0) is 18.6 Å². The molecule has 7 heteroatoms. The van der Waals surface area contributed by atoms with E-state index in [1.807, 2.05) is 6.20 Å². The second-order valence-electron chi connectivity index (χ2n) is 4.64. The average Bonchev–Trinajstić information content (AvgIpc) is 3.16. The molecule has 20 heavy (non-hydrogen) atoms. The van der Waals surface area contributed by atoms with E-state index in [1.54, 1.807) is 34.1 Å². The number of nitrogens with zero attached hydrogens (tertiary/aromatic N) is 5. The molecule has 0 N–H and O–H groups in total. The third kappa shape index (κ3) is 2.22. The number of rotatable bonds is 3. The smallest absolute Gasteiger partial charge is 0.259 e. The predicted octanol–water partition coefficient (Wildman–Crippen LogP) is 0.769. The highest BCUT2D eigenvalue weighted by atomic mass is 16.5. The molecule has 1 atom stereocenters. The lowest BCUT2D eigenvalue weighted by molar-refractivity contribution is 0.0782. The van der Waals surface area contributed by atoms with Gasteiger partial charge in [-0.3, -0.25) is 4.79 Å². The summed E-state index contributed by atoms with van der Waals surface area (Å²) in [7, 11) is 1.52. The van der Waals surface area contributed by atoms with E-state index >= 15 is 0 Å². The predicted molar refractivity (Wildman–Crippen MR) is 70.4 cm³/mol. The Hall–Kier alpha value is -2.44. The van der Waals surface area contributed by atoms with Gasteiger partial charge in [0.25, 0.3) is 5.91 Å². The van der Waals surface area contributed by atoms with Crippen LogP contribution in [0.2, 0.25) is 0 Å². The van der Waals surface area contributed by atoms with Gasteiger partial charge in [0.2, 0.25) is 5.88 Å². The van der Waals surface area contributed by atoms with Gasteiger partial charge in [-0.15, -0.1) is 5.10 Å². The van der Waals surface area contributed by atoms with Crippen molar-refractivity contribution >= 4 is 5.91 Å². The van der Waals surface area contributed by atoms with Crippen molar-refractivity contribution in [1.29, 1.82) is 0 Å². The first kappa shape index (κ1) is 12.6. The fraction of sp³-hybridized carbons (Fsp3) is 0.385. The van der Waals surface area contributed by atoms with Crippen LogP contribution in [-0.4, -0.2) is 51.0 Å². The van der Waals surface area contributed by atoms with Crippen LogP contribution in [0.1, 0.15) is 22.8 Å². The number of ether oxygens (including phenoxy) is 1. The summed E-state index contributed by atoms with van der Waals surface area (Å²) in [4.78, 5) is 18.4. The molecule has 0 saturated carbocycles. The van der Waals surface area contributed by atoms with Crippen molar-refractivity contribution < 1.29 is 9.53 Å². The molecule has 2 aromatic heterocycles. The van der Waals surface area contributed by atoms with Gasteiger partial charge in [0.05, 0.1) is 19.3 Å². The van der Waals surface area contributed by atoms with Gasteiger partial charge in [-0.1, -0.05) is 5.21 Å². The standard InChI is InChI=1S/C13H15N5O2/c1-20-12-11(3-2-5-14-12)13(19)17-7-4-10(9-17)18-8-6-15-16-18/h2-3,5-6,8,10H,4,7,9H2,1H3/t10-/m0/s1. The second kappa shape index (κ2) is 5.28. The van der Waals surface area contributed by atoms with Crippen molar-refractivity contribution in [2.75, 3.05) is 20.2 Å². The molecule has 1 fully saturated rings. The van der Waals surface area contributed by atoms with Gasteiger partial charge in [0.15, 0.2) is 0 Å². The molecule has 0 aromatic carbocycles. The maximum Gasteiger partial charge on any atom is 0.259 e. The van der Waals surface area contributed by atoms with Crippen molar-refractivity contribution in [2.24, 2.45) is 0 Å². The SMILES string of the molecule is COc1ncccc1C(=O)N1CC[C@H](n2ccnn2)C1. The van der Waals surface area contributed by atoms with Crippen LogP contribution in [0, 0.1) is 0 Å². The van der Waals surface area contributed by atoms with E-state index in [9.17, 15) is 4.79 Å². The normalized spacial score (nSPS) is 18.2. The molecule has 0 spiro atoms. The van der Waals surface area contributed by atoms with E-state index in [4.69, 9.17) is 4.74 Å². The Morgan fingerprint density at radius 2 is 2.35 bits per heavy atom. The molecule has 3 heterocycles. The summed E-state index contributed by atoms with van der Waals surface area (Å²) < 4.78 is 6.94. The lowest BCUT2D eigenvalue weighted by Gasteiger charge is -2.17. The first-order valence-electron chi connectivity index (χ1n) is 6.43. The van der Waals surface area contributed by atoms with E-state index in [2.05, 4.69) is 15.3 Å². The zero-order valence-corrected chi connectivity index (χ0v) is 11.1. The van der Waals surface area contributed by atoms with Crippen molar-refractivity contribution in [1.82, 2.24) is 24.9 Å². The number of amides is 1. The van der Waals surface area contributed by atoms with E-state index in [1.165, 1.54) is 7.11 Å². The zero-order chi connectivity index (χ0) is 13.9. The highest BCUT2D eigenvalue weighted by molar-refractivity contribution is 5.96. The fourth-order valence-electron chi connectivity index (χ4n) is 2.44. The van der Waals surface area contributed by atoms with E-state index in [0.717, 1.165) is 6.42 Å². The quantitative estimate of drug-likeness (QED) is 0.825. The summed E-state index contributed by atoms with van der Waals surface area (Å²) in [6, 6.07) is 3.65. The Balaban J connectivity index is 1.76. The van der Waals surface area contributed by atoms with E-state index in [-0.39, 0.29) is 11.9 Å². The zero-order valence-electron chi connectivity index (χ0n) is 11.1. The van der Waals surface area contributed by atoms with E-state index in [0.29, 0.717) is 24.5 Å². The number of hydrogen-bond acceptors (Lipinski definition) is 5. The van der Waals surface area contributed by atoms with Crippen LogP contribution >= 0.6 is 0 Å². The Bertz CT molecular complexity index is 599. The van der Waals surface area contributed by atoms with Crippen LogP contribution in [0.25, 0.3) is 0 Å². The number of likely N-dealkylation sites (tertiary alicyclic amines) is 1. The molecule has 0 aliphatic carbocycles. The molecule has 1 saturated heterocycles.